The second-order valence-electron chi connectivity index (χ2n) is 2.09. The molecule has 0 aliphatic heterocycles. The summed E-state index contributed by atoms with van der Waals surface area (Å²) in [5, 5.41) is 8.63. The van der Waals surface area contributed by atoms with Crippen molar-refractivity contribution in [2.75, 3.05) is 0 Å². The van der Waals surface area contributed by atoms with Crippen molar-refractivity contribution < 1.29 is 9.90 Å². The highest BCUT2D eigenvalue weighted by Crippen LogP contribution is 2.06. The number of nitrogens with two attached hydrogens (primary N) is 1. The second kappa shape index (κ2) is 3.16. The van der Waals surface area contributed by atoms with Crippen LogP contribution in [-0.2, 0) is 6.54 Å². The smallest absolute Gasteiger partial charge is 0.336 e. The Balaban J connectivity index is 3.12. The summed E-state index contributed by atoms with van der Waals surface area (Å²) in [6, 6.07) is 7.40. The van der Waals surface area contributed by atoms with E-state index in [-0.39, 0.29) is 12.1 Å². The quantitative estimate of drug-likeness (QED) is 0.650. The van der Waals surface area contributed by atoms with E-state index < -0.39 is 5.97 Å². The van der Waals surface area contributed by atoms with Gasteiger partial charge in [0.15, 0.2) is 0 Å². The third-order valence-electron chi connectivity index (χ3n) is 1.40. The third kappa shape index (κ3) is 1.56. The molecule has 0 saturated heterocycles. The fraction of sp³-hybridized carbons (Fsp3) is 0.125. The molecule has 57 valence electrons. The Labute approximate surface area is 64.5 Å². The Morgan fingerprint density at radius 1 is 1.73 bits per heavy atom. The normalized spacial score (nSPS) is 9.55. The van der Waals surface area contributed by atoms with Crippen LogP contribution in [0.5, 0.6) is 0 Å². The number of benzene rings is 1. The van der Waals surface area contributed by atoms with Gasteiger partial charge in [-0.2, -0.15) is 0 Å². The van der Waals surface area contributed by atoms with E-state index >= 15 is 0 Å². The highest BCUT2D eigenvalue weighted by molar-refractivity contribution is 5.89. The summed E-state index contributed by atoms with van der Waals surface area (Å²) in [6.45, 7) is 0.235. The maximum Gasteiger partial charge on any atom is 0.336 e. The topological polar surface area (TPSA) is 63.3 Å². The summed E-state index contributed by atoms with van der Waals surface area (Å²) in [4.78, 5) is 10.5. The lowest BCUT2D eigenvalue weighted by molar-refractivity contribution is 0.0695. The van der Waals surface area contributed by atoms with Crippen LogP contribution in [0.15, 0.2) is 18.2 Å². The molecular weight excluding hydrogens is 142 g/mol. The molecule has 1 aromatic rings. The van der Waals surface area contributed by atoms with Crippen LogP contribution in [0.4, 0.5) is 0 Å². The van der Waals surface area contributed by atoms with Gasteiger partial charge in [0.2, 0.25) is 0 Å². The van der Waals surface area contributed by atoms with Gasteiger partial charge in [0.25, 0.3) is 0 Å². The molecule has 0 fully saturated rings. The van der Waals surface area contributed by atoms with Crippen molar-refractivity contribution in [3.8, 4) is 0 Å². The number of aromatic carboxylic acids is 1. The first kappa shape index (κ1) is 7.75. The molecule has 1 aromatic carbocycles. The number of rotatable bonds is 2. The molecule has 0 aliphatic carbocycles. The van der Waals surface area contributed by atoms with Crippen LogP contribution >= 0.6 is 0 Å². The first-order chi connectivity index (χ1) is 5.25. The van der Waals surface area contributed by atoms with Crippen molar-refractivity contribution in [1.82, 2.24) is 0 Å². The first-order valence-electron chi connectivity index (χ1n) is 3.18. The zero-order valence-electron chi connectivity index (χ0n) is 5.87. The van der Waals surface area contributed by atoms with Crippen molar-refractivity contribution in [3.05, 3.63) is 35.4 Å². The molecule has 0 aromatic heterocycles. The van der Waals surface area contributed by atoms with E-state index in [0.717, 1.165) is 0 Å². The predicted molar refractivity (Wildman–Crippen MR) is 40.1 cm³/mol. The van der Waals surface area contributed by atoms with E-state index in [1.165, 1.54) is 6.07 Å². The van der Waals surface area contributed by atoms with Crippen LogP contribution < -0.4 is 5.73 Å². The summed E-state index contributed by atoms with van der Waals surface area (Å²) < 4.78 is 0. The molecule has 1 radical (unpaired) electrons. The Morgan fingerprint density at radius 2 is 2.45 bits per heavy atom. The molecule has 0 atom stereocenters. The summed E-state index contributed by atoms with van der Waals surface area (Å²) in [5.41, 5.74) is 6.17. The summed E-state index contributed by atoms with van der Waals surface area (Å²) >= 11 is 0. The summed E-state index contributed by atoms with van der Waals surface area (Å²) in [6.07, 6.45) is 0. The number of hydrogen-bond donors (Lipinski definition) is 2. The van der Waals surface area contributed by atoms with E-state index in [1.807, 2.05) is 0 Å². The van der Waals surface area contributed by atoms with Crippen molar-refractivity contribution >= 4 is 5.97 Å². The Hall–Kier alpha value is -1.35. The highest BCUT2D eigenvalue weighted by Gasteiger charge is 2.05. The summed E-state index contributed by atoms with van der Waals surface area (Å²) in [5.74, 6) is -0.945. The largest absolute Gasteiger partial charge is 0.478 e. The molecule has 0 saturated carbocycles. The Bertz CT molecular complexity index is 271. The van der Waals surface area contributed by atoms with Gasteiger partial charge in [-0.1, -0.05) is 6.07 Å². The SMILES string of the molecule is NCc1c[c]ccc1C(=O)O. The Morgan fingerprint density at radius 3 is 2.91 bits per heavy atom. The van der Waals surface area contributed by atoms with Gasteiger partial charge in [-0.05, 0) is 23.8 Å². The van der Waals surface area contributed by atoms with Crippen LogP contribution in [-0.4, -0.2) is 11.1 Å². The molecule has 0 aliphatic rings. The van der Waals surface area contributed by atoms with Gasteiger partial charge in [-0.3, -0.25) is 0 Å². The summed E-state index contributed by atoms with van der Waals surface area (Å²) in [7, 11) is 0. The lowest BCUT2D eigenvalue weighted by atomic mass is 10.1. The minimum Gasteiger partial charge on any atom is -0.478 e. The van der Waals surface area contributed by atoms with E-state index in [4.69, 9.17) is 10.8 Å². The van der Waals surface area contributed by atoms with E-state index in [1.54, 1.807) is 12.1 Å². The molecule has 0 spiro atoms. The number of carboxylic acids is 1. The van der Waals surface area contributed by atoms with Crippen molar-refractivity contribution in [2.24, 2.45) is 5.73 Å². The van der Waals surface area contributed by atoms with Crippen LogP contribution in [0.3, 0.4) is 0 Å². The number of hydrogen-bond acceptors (Lipinski definition) is 2. The maximum absolute atomic E-state index is 10.5. The molecule has 1 rings (SSSR count). The van der Waals surface area contributed by atoms with Gasteiger partial charge < -0.3 is 10.8 Å². The van der Waals surface area contributed by atoms with E-state index in [0.29, 0.717) is 5.56 Å². The van der Waals surface area contributed by atoms with Crippen LogP contribution in [0.1, 0.15) is 15.9 Å². The zero-order valence-corrected chi connectivity index (χ0v) is 5.87. The number of carbonyl (C=O) groups is 1. The van der Waals surface area contributed by atoms with Crippen molar-refractivity contribution in [3.63, 3.8) is 0 Å². The highest BCUT2D eigenvalue weighted by atomic mass is 16.4. The fourth-order valence-corrected chi connectivity index (χ4v) is 0.842. The molecule has 0 heterocycles. The van der Waals surface area contributed by atoms with Crippen molar-refractivity contribution in [2.45, 2.75) is 6.54 Å². The standard InChI is InChI=1S/C8H8NO2/c9-5-6-3-1-2-4-7(6)8(10)11/h2-4H,5,9H2,(H,10,11). The second-order valence-corrected chi connectivity index (χ2v) is 2.09. The molecule has 0 amide bonds. The Kier molecular flexibility index (Phi) is 2.23. The average Bonchev–Trinajstić information content (AvgIpc) is 2.04. The van der Waals surface area contributed by atoms with E-state index in [9.17, 15) is 4.79 Å². The van der Waals surface area contributed by atoms with Crippen LogP contribution in [0.25, 0.3) is 0 Å². The lowest BCUT2D eigenvalue weighted by Crippen LogP contribution is -2.06. The molecule has 3 nitrogen and oxygen atoms in total. The molecule has 11 heavy (non-hydrogen) atoms. The minimum absolute atomic E-state index is 0.235. The third-order valence-corrected chi connectivity index (χ3v) is 1.40. The predicted octanol–water partition coefficient (Wildman–Crippen LogP) is 0.644. The maximum atomic E-state index is 10.5. The minimum atomic E-state index is -0.945. The van der Waals surface area contributed by atoms with Gasteiger partial charge in [-0.25, -0.2) is 4.79 Å². The molecular formula is C8H8NO2. The van der Waals surface area contributed by atoms with Gasteiger partial charge >= 0.3 is 5.97 Å². The first-order valence-corrected chi connectivity index (χ1v) is 3.18. The zero-order chi connectivity index (χ0) is 8.27. The van der Waals surface area contributed by atoms with Gasteiger partial charge in [0.1, 0.15) is 0 Å². The molecule has 0 bridgehead atoms. The lowest BCUT2D eigenvalue weighted by Gasteiger charge is -2.00. The monoisotopic (exact) mass is 150 g/mol. The molecule has 0 unspecified atom stereocenters. The molecule has 3 heteroatoms. The van der Waals surface area contributed by atoms with Gasteiger partial charge in [-0.15, -0.1) is 0 Å². The van der Waals surface area contributed by atoms with Crippen molar-refractivity contribution in [1.29, 1.82) is 0 Å². The fourth-order valence-electron chi connectivity index (χ4n) is 0.842. The average molecular weight is 150 g/mol. The van der Waals surface area contributed by atoms with Gasteiger partial charge in [0, 0.05) is 6.54 Å². The number of carboxylic acid groups (broad SMARTS) is 1. The van der Waals surface area contributed by atoms with E-state index in [2.05, 4.69) is 6.07 Å². The van der Waals surface area contributed by atoms with Gasteiger partial charge in [0.05, 0.1) is 5.56 Å². The molecule has 3 N–H and O–H groups in total. The van der Waals surface area contributed by atoms with Crippen LogP contribution in [0.2, 0.25) is 0 Å². The van der Waals surface area contributed by atoms with Crippen LogP contribution in [0, 0.1) is 6.07 Å².